The monoisotopic (exact) mass is 353 g/mol. The van der Waals surface area contributed by atoms with Crippen LogP contribution in [0, 0.1) is 13.8 Å². The van der Waals surface area contributed by atoms with Crippen molar-refractivity contribution in [3.8, 4) is 5.75 Å². The van der Waals surface area contributed by atoms with Gasteiger partial charge in [0.1, 0.15) is 5.75 Å². The first-order valence-corrected chi connectivity index (χ1v) is 9.61. The van der Waals surface area contributed by atoms with Gasteiger partial charge < -0.3 is 10.1 Å². The van der Waals surface area contributed by atoms with E-state index in [1.54, 1.807) is 0 Å². The second-order valence-electron chi connectivity index (χ2n) is 6.83. The first-order chi connectivity index (χ1) is 12.5. The molecule has 2 rings (SSSR count). The average molecular weight is 354 g/mol. The van der Waals surface area contributed by atoms with Gasteiger partial charge in [-0.15, -0.1) is 0 Å². The predicted octanol–water partition coefficient (Wildman–Crippen LogP) is 5.29. The van der Waals surface area contributed by atoms with E-state index in [2.05, 4.69) is 51.2 Å². The molecule has 3 heteroatoms. The Morgan fingerprint density at radius 1 is 0.962 bits per heavy atom. The van der Waals surface area contributed by atoms with E-state index in [0.717, 1.165) is 24.2 Å². The summed E-state index contributed by atoms with van der Waals surface area (Å²) in [4.78, 5) is 12.8. The van der Waals surface area contributed by atoms with Gasteiger partial charge in [-0.1, -0.05) is 51.1 Å². The molecular formula is C23H31NO2. The highest BCUT2D eigenvalue weighted by molar-refractivity contribution is 5.81. The van der Waals surface area contributed by atoms with E-state index in [1.165, 1.54) is 16.7 Å². The van der Waals surface area contributed by atoms with Gasteiger partial charge in [-0.3, -0.25) is 4.79 Å². The Kier molecular flexibility index (Phi) is 7.26. The topological polar surface area (TPSA) is 38.3 Å². The van der Waals surface area contributed by atoms with Gasteiger partial charge in [0.05, 0.1) is 6.04 Å². The number of benzene rings is 2. The molecule has 2 aromatic rings. The molecule has 2 atom stereocenters. The molecule has 0 fully saturated rings. The molecule has 0 bridgehead atoms. The van der Waals surface area contributed by atoms with E-state index in [4.69, 9.17) is 4.74 Å². The maximum Gasteiger partial charge on any atom is 0.261 e. The smallest absolute Gasteiger partial charge is 0.261 e. The normalized spacial score (nSPS) is 13.1. The number of ether oxygens (including phenoxy) is 1. The molecule has 0 unspecified atom stereocenters. The van der Waals surface area contributed by atoms with Gasteiger partial charge in [0.2, 0.25) is 0 Å². The lowest BCUT2D eigenvalue weighted by Crippen LogP contribution is -2.40. The maximum absolute atomic E-state index is 12.8. The van der Waals surface area contributed by atoms with Crippen LogP contribution in [0.15, 0.2) is 42.5 Å². The van der Waals surface area contributed by atoms with Crippen molar-refractivity contribution in [2.75, 3.05) is 0 Å². The van der Waals surface area contributed by atoms with E-state index < -0.39 is 6.10 Å². The number of carbonyl (C=O) groups excluding carboxylic acids is 1. The van der Waals surface area contributed by atoms with Crippen LogP contribution in [-0.2, 0) is 11.2 Å². The first kappa shape index (κ1) is 20.0. The molecule has 140 valence electrons. The Hall–Kier alpha value is -2.29. The van der Waals surface area contributed by atoms with Crippen molar-refractivity contribution in [1.82, 2.24) is 5.32 Å². The summed E-state index contributed by atoms with van der Waals surface area (Å²) < 4.78 is 5.94. The van der Waals surface area contributed by atoms with E-state index in [-0.39, 0.29) is 11.9 Å². The minimum atomic E-state index is -0.483. The van der Waals surface area contributed by atoms with E-state index >= 15 is 0 Å². The Morgan fingerprint density at radius 3 is 2.19 bits per heavy atom. The van der Waals surface area contributed by atoms with Crippen LogP contribution < -0.4 is 10.1 Å². The zero-order chi connectivity index (χ0) is 19.1. The molecule has 1 amide bonds. The molecule has 0 aliphatic rings. The van der Waals surface area contributed by atoms with Gasteiger partial charge in [-0.25, -0.2) is 0 Å². The minimum Gasteiger partial charge on any atom is -0.481 e. The minimum absolute atomic E-state index is 0.00178. The van der Waals surface area contributed by atoms with Crippen molar-refractivity contribution >= 4 is 5.91 Å². The molecule has 0 spiro atoms. The maximum atomic E-state index is 12.8. The molecule has 26 heavy (non-hydrogen) atoms. The van der Waals surface area contributed by atoms with E-state index in [0.29, 0.717) is 6.42 Å². The fourth-order valence-corrected chi connectivity index (χ4v) is 2.96. The van der Waals surface area contributed by atoms with Crippen LogP contribution in [0.3, 0.4) is 0 Å². The lowest BCUT2D eigenvalue weighted by atomic mass is 9.99. The number of rotatable bonds is 8. The number of carbonyl (C=O) groups is 1. The highest BCUT2D eigenvalue weighted by Crippen LogP contribution is 2.21. The van der Waals surface area contributed by atoms with Gasteiger partial charge in [0.15, 0.2) is 6.10 Å². The van der Waals surface area contributed by atoms with E-state index in [1.807, 2.05) is 31.2 Å². The lowest BCUT2D eigenvalue weighted by molar-refractivity contribution is -0.128. The molecule has 0 aliphatic carbocycles. The van der Waals surface area contributed by atoms with Crippen molar-refractivity contribution in [1.29, 1.82) is 0 Å². The third kappa shape index (κ3) is 5.10. The van der Waals surface area contributed by atoms with Gasteiger partial charge in [-0.2, -0.15) is 0 Å². The summed E-state index contributed by atoms with van der Waals surface area (Å²) in [5, 5.41) is 3.16. The van der Waals surface area contributed by atoms with Crippen LogP contribution in [-0.4, -0.2) is 12.0 Å². The third-order valence-electron chi connectivity index (χ3n) is 4.93. The third-order valence-corrected chi connectivity index (χ3v) is 4.93. The fraction of sp³-hybridized carbons (Fsp3) is 0.435. The van der Waals surface area contributed by atoms with Crippen LogP contribution in [0.5, 0.6) is 5.75 Å². The lowest BCUT2D eigenvalue weighted by Gasteiger charge is -2.23. The van der Waals surface area contributed by atoms with Crippen molar-refractivity contribution in [2.45, 2.75) is 66.0 Å². The molecule has 0 aromatic heterocycles. The molecule has 0 aliphatic heterocycles. The largest absolute Gasteiger partial charge is 0.481 e. The quantitative estimate of drug-likeness (QED) is 0.700. The molecule has 0 radical (unpaired) electrons. The standard InChI is InChI=1S/C23H31NO2/c1-6-18-10-13-20(14-11-18)26-22(8-3)23(25)24-21(7-2)19-12-9-16(4)17(5)15-19/h9-15,21-22H,6-8H2,1-5H3,(H,24,25)/t21-,22-/m0/s1. The number of nitrogens with one attached hydrogen (secondary N) is 1. The molecule has 0 saturated heterocycles. The summed E-state index contributed by atoms with van der Waals surface area (Å²) >= 11 is 0. The number of hydrogen-bond acceptors (Lipinski definition) is 2. The van der Waals surface area contributed by atoms with Gasteiger partial charge in [0, 0.05) is 0 Å². The first-order valence-electron chi connectivity index (χ1n) is 9.61. The summed E-state index contributed by atoms with van der Waals surface area (Å²) in [5.74, 6) is 0.681. The zero-order valence-electron chi connectivity index (χ0n) is 16.6. The fourth-order valence-electron chi connectivity index (χ4n) is 2.96. The highest BCUT2D eigenvalue weighted by Gasteiger charge is 2.22. The van der Waals surface area contributed by atoms with Crippen LogP contribution in [0.1, 0.15) is 61.9 Å². The second kappa shape index (κ2) is 9.42. The molecule has 0 heterocycles. The molecule has 0 saturated carbocycles. The Bertz CT molecular complexity index is 721. The summed E-state index contributed by atoms with van der Waals surface area (Å²) in [5.41, 5.74) is 4.91. The van der Waals surface area contributed by atoms with Crippen molar-refractivity contribution < 1.29 is 9.53 Å². The predicted molar refractivity (Wildman–Crippen MR) is 108 cm³/mol. The van der Waals surface area contributed by atoms with Crippen LogP contribution >= 0.6 is 0 Å². The summed E-state index contributed by atoms with van der Waals surface area (Å²) in [7, 11) is 0. The Labute approximate surface area is 157 Å². The molecule has 3 nitrogen and oxygen atoms in total. The van der Waals surface area contributed by atoms with Crippen LogP contribution in [0.25, 0.3) is 0 Å². The second-order valence-corrected chi connectivity index (χ2v) is 6.83. The van der Waals surface area contributed by atoms with E-state index in [9.17, 15) is 4.79 Å². The zero-order valence-corrected chi connectivity index (χ0v) is 16.6. The van der Waals surface area contributed by atoms with Crippen molar-refractivity contribution in [3.05, 3.63) is 64.7 Å². The number of hydrogen-bond donors (Lipinski definition) is 1. The van der Waals surface area contributed by atoms with Crippen LogP contribution in [0.4, 0.5) is 0 Å². The van der Waals surface area contributed by atoms with Crippen molar-refractivity contribution in [2.24, 2.45) is 0 Å². The highest BCUT2D eigenvalue weighted by atomic mass is 16.5. The molecule has 2 aromatic carbocycles. The van der Waals surface area contributed by atoms with Gasteiger partial charge >= 0.3 is 0 Å². The average Bonchev–Trinajstić information content (AvgIpc) is 2.66. The van der Waals surface area contributed by atoms with Gasteiger partial charge in [-0.05, 0) is 67.5 Å². The summed E-state index contributed by atoms with van der Waals surface area (Å²) in [6.07, 6.45) is 1.98. The summed E-state index contributed by atoms with van der Waals surface area (Å²) in [6.45, 7) is 10.4. The number of aryl methyl sites for hydroxylation is 3. The molecular weight excluding hydrogens is 322 g/mol. The van der Waals surface area contributed by atoms with Crippen LogP contribution in [0.2, 0.25) is 0 Å². The number of amides is 1. The summed E-state index contributed by atoms with van der Waals surface area (Å²) in [6, 6.07) is 14.3. The Balaban J connectivity index is 2.06. The Morgan fingerprint density at radius 2 is 1.65 bits per heavy atom. The molecule has 1 N–H and O–H groups in total. The SMILES string of the molecule is CCc1ccc(O[C@@H](CC)C(=O)N[C@@H](CC)c2ccc(C)c(C)c2)cc1. The van der Waals surface area contributed by atoms with Crippen molar-refractivity contribution in [3.63, 3.8) is 0 Å². The van der Waals surface area contributed by atoms with Gasteiger partial charge in [0.25, 0.3) is 5.91 Å².